The average molecular weight is 287 g/mol. The highest BCUT2D eigenvalue weighted by Crippen LogP contribution is 2.26. The van der Waals surface area contributed by atoms with Crippen molar-refractivity contribution in [3.63, 3.8) is 0 Å². The van der Waals surface area contributed by atoms with Crippen molar-refractivity contribution in [3.05, 3.63) is 16.4 Å². The lowest BCUT2D eigenvalue weighted by Crippen LogP contribution is -2.24. The summed E-state index contributed by atoms with van der Waals surface area (Å²) in [6.45, 7) is 6.38. The van der Waals surface area contributed by atoms with Gasteiger partial charge in [0.1, 0.15) is 0 Å². The second kappa shape index (κ2) is 7.91. The van der Waals surface area contributed by atoms with Gasteiger partial charge >= 0.3 is 0 Å². The minimum Gasteiger partial charge on any atom is -0.392 e. The molecule has 1 aromatic heterocycles. The Morgan fingerprint density at radius 3 is 2.21 bits per heavy atom. The third-order valence-corrected chi connectivity index (χ3v) is 4.20. The van der Waals surface area contributed by atoms with Gasteiger partial charge in [0.25, 0.3) is 0 Å². The van der Waals surface area contributed by atoms with E-state index in [2.05, 4.69) is 18.9 Å². The molecule has 0 radical (unpaired) electrons. The minimum atomic E-state index is -0.322. The van der Waals surface area contributed by atoms with E-state index < -0.39 is 0 Å². The summed E-state index contributed by atoms with van der Waals surface area (Å²) >= 11 is 6.34. The van der Waals surface area contributed by atoms with E-state index in [1.54, 1.807) is 0 Å². The lowest BCUT2D eigenvalue weighted by molar-refractivity contribution is 0.0946. The molecular weight excluding hydrogens is 260 g/mol. The molecule has 0 saturated heterocycles. The molecule has 110 valence electrons. The van der Waals surface area contributed by atoms with Crippen LogP contribution < -0.4 is 0 Å². The van der Waals surface area contributed by atoms with Crippen molar-refractivity contribution in [3.8, 4) is 0 Å². The summed E-state index contributed by atoms with van der Waals surface area (Å²) in [5.74, 6) is 0.367. The fourth-order valence-electron chi connectivity index (χ4n) is 2.68. The third-order valence-electron chi connectivity index (χ3n) is 3.77. The van der Waals surface area contributed by atoms with Crippen LogP contribution in [0.3, 0.4) is 0 Å². The van der Waals surface area contributed by atoms with Gasteiger partial charge in [-0.2, -0.15) is 5.10 Å². The second-order valence-electron chi connectivity index (χ2n) is 5.29. The molecule has 1 atom stereocenters. The summed E-state index contributed by atoms with van der Waals surface area (Å²) in [7, 11) is 1.90. The molecule has 0 amide bonds. The van der Waals surface area contributed by atoms with Crippen molar-refractivity contribution >= 4 is 11.6 Å². The number of aliphatic hydroxyl groups excluding tert-OH is 1. The molecule has 0 fully saturated rings. The van der Waals surface area contributed by atoms with Gasteiger partial charge in [-0.3, -0.25) is 4.68 Å². The summed E-state index contributed by atoms with van der Waals surface area (Å²) in [6.07, 6.45) is 5.49. The Hall–Kier alpha value is -0.540. The first-order valence-corrected chi connectivity index (χ1v) is 7.81. The molecule has 1 N–H and O–H groups in total. The van der Waals surface area contributed by atoms with Crippen LogP contribution in [0.25, 0.3) is 0 Å². The van der Waals surface area contributed by atoms with E-state index in [0.29, 0.717) is 12.3 Å². The molecule has 0 aliphatic rings. The van der Waals surface area contributed by atoms with Gasteiger partial charge in [0.05, 0.1) is 22.5 Å². The van der Waals surface area contributed by atoms with Crippen LogP contribution in [-0.4, -0.2) is 21.0 Å². The van der Waals surface area contributed by atoms with Crippen LogP contribution in [0.1, 0.15) is 57.8 Å². The smallest absolute Gasteiger partial charge is 0.0850 e. The molecule has 1 unspecified atom stereocenters. The van der Waals surface area contributed by atoms with Crippen LogP contribution >= 0.6 is 11.6 Å². The Labute approximate surface area is 122 Å². The van der Waals surface area contributed by atoms with Gasteiger partial charge in [-0.05, 0) is 25.2 Å². The molecule has 0 aromatic carbocycles. The van der Waals surface area contributed by atoms with Gasteiger partial charge < -0.3 is 5.11 Å². The lowest BCUT2D eigenvalue weighted by Gasteiger charge is -2.22. The van der Waals surface area contributed by atoms with Gasteiger partial charge in [-0.25, -0.2) is 0 Å². The van der Waals surface area contributed by atoms with E-state index in [1.165, 1.54) is 0 Å². The van der Waals surface area contributed by atoms with E-state index in [-0.39, 0.29) is 6.10 Å². The normalized spacial score (nSPS) is 13.2. The van der Waals surface area contributed by atoms with Crippen LogP contribution in [0.5, 0.6) is 0 Å². The van der Waals surface area contributed by atoms with Crippen molar-refractivity contribution in [1.29, 1.82) is 0 Å². The van der Waals surface area contributed by atoms with Crippen LogP contribution in [0.4, 0.5) is 0 Å². The summed E-state index contributed by atoms with van der Waals surface area (Å²) in [6, 6.07) is 0. The van der Waals surface area contributed by atoms with Crippen molar-refractivity contribution in [1.82, 2.24) is 9.78 Å². The van der Waals surface area contributed by atoms with Crippen molar-refractivity contribution in [2.45, 2.75) is 65.4 Å². The fraction of sp³-hybridized carbons (Fsp3) is 0.800. The van der Waals surface area contributed by atoms with E-state index in [0.717, 1.165) is 48.5 Å². The molecule has 0 aliphatic heterocycles. The molecule has 0 saturated carbocycles. The fourth-order valence-corrected chi connectivity index (χ4v) is 3.05. The Balaban J connectivity index is 2.79. The molecule has 1 heterocycles. The van der Waals surface area contributed by atoms with Crippen LogP contribution in [-0.2, 0) is 19.9 Å². The van der Waals surface area contributed by atoms with Crippen molar-refractivity contribution < 1.29 is 5.11 Å². The van der Waals surface area contributed by atoms with Crippen LogP contribution in [0, 0.1) is 5.92 Å². The molecule has 1 aromatic rings. The Morgan fingerprint density at radius 2 is 1.79 bits per heavy atom. The molecule has 0 aliphatic carbocycles. The predicted molar refractivity (Wildman–Crippen MR) is 80.6 cm³/mol. The highest BCUT2D eigenvalue weighted by atomic mass is 35.5. The zero-order valence-electron chi connectivity index (χ0n) is 12.6. The molecule has 4 heteroatoms. The Bertz CT molecular complexity index is 384. The summed E-state index contributed by atoms with van der Waals surface area (Å²) in [5.41, 5.74) is 1.89. The molecule has 1 rings (SSSR count). The molecule has 0 bridgehead atoms. The van der Waals surface area contributed by atoms with E-state index in [9.17, 15) is 5.11 Å². The monoisotopic (exact) mass is 286 g/mol. The summed E-state index contributed by atoms with van der Waals surface area (Å²) in [4.78, 5) is 0. The van der Waals surface area contributed by atoms with E-state index >= 15 is 0 Å². The third kappa shape index (κ3) is 4.22. The zero-order valence-corrected chi connectivity index (χ0v) is 13.4. The maximum absolute atomic E-state index is 10.5. The first-order chi connectivity index (χ1) is 9.04. The number of rotatable bonds is 8. The van der Waals surface area contributed by atoms with Crippen LogP contribution in [0.2, 0.25) is 5.02 Å². The van der Waals surface area contributed by atoms with Gasteiger partial charge in [0.2, 0.25) is 0 Å². The number of nitrogens with zero attached hydrogens (tertiary/aromatic N) is 2. The topological polar surface area (TPSA) is 38.1 Å². The Kier molecular flexibility index (Phi) is 6.87. The summed E-state index contributed by atoms with van der Waals surface area (Å²) in [5, 5.41) is 15.6. The van der Waals surface area contributed by atoms with Gasteiger partial charge in [0, 0.05) is 13.5 Å². The number of hydrogen-bond acceptors (Lipinski definition) is 2. The maximum Gasteiger partial charge on any atom is 0.0850 e. The molecule has 3 nitrogen and oxygen atoms in total. The zero-order chi connectivity index (χ0) is 14.4. The van der Waals surface area contributed by atoms with Crippen LogP contribution in [0.15, 0.2) is 0 Å². The predicted octanol–water partition coefficient (Wildman–Crippen LogP) is 3.76. The SMILES string of the molecule is CCCC(CCC)C(O)Cc1c(Cl)c(CC)nn1C. The summed E-state index contributed by atoms with van der Waals surface area (Å²) < 4.78 is 1.82. The number of aliphatic hydroxyl groups is 1. The van der Waals surface area contributed by atoms with Crippen molar-refractivity contribution in [2.24, 2.45) is 13.0 Å². The maximum atomic E-state index is 10.5. The highest BCUT2D eigenvalue weighted by Gasteiger charge is 2.22. The highest BCUT2D eigenvalue weighted by molar-refractivity contribution is 6.31. The van der Waals surface area contributed by atoms with Gasteiger partial charge in [-0.15, -0.1) is 0 Å². The lowest BCUT2D eigenvalue weighted by atomic mass is 9.90. The molecule has 19 heavy (non-hydrogen) atoms. The second-order valence-corrected chi connectivity index (χ2v) is 5.67. The van der Waals surface area contributed by atoms with Crippen molar-refractivity contribution in [2.75, 3.05) is 0 Å². The first-order valence-electron chi connectivity index (χ1n) is 7.43. The molecular formula is C15H27ClN2O. The largest absolute Gasteiger partial charge is 0.392 e. The first kappa shape index (κ1) is 16.5. The number of aromatic nitrogens is 2. The van der Waals surface area contributed by atoms with Gasteiger partial charge in [-0.1, -0.05) is 45.2 Å². The minimum absolute atomic E-state index is 0.322. The standard InChI is InChI=1S/C15H27ClN2O/c1-5-8-11(9-6-2)14(19)10-13-15(16)12(7-3)17-18(13)4/h11,14,19H,5-10H2,1-4H3. The number of halogens is 1. The quantitative estimate of drug-likeness (QED) is 0.790. The Morgan fingerprint density at radius 1 is 1.21 bits per heavy atom. The van der Waals surface area contributed by atoms with E-state index in [4.69, 9.17) is 11.6 Å². The van der Waals surface area contributed by atoms with Gasteiger partial charge in [0.15, 0.2) is 0 Å². The van der Waals surface area contributed by atoms with E-state index in [1.807, 2.05) is 18.7 Å². The molecule has 0 spiro atoms. The number of aryl methyl sites for hydroxylation is 2. The average Bonchev–Trinajstić information content (AvgIpc) is 2.65. The number of hydrogen-bond donors (Lipinski definition) is 1.